The van der Waals surface area contributed by atoms with Gasteiger partial charge in [0.1, 0.15) is 0 Å². The van der Waals surface area contributed by atoms with Gasteiger partial charge in [0.2, 0.25) is 5.13 Å². The Labute approximate surface area is 138 Å². The molecule has 0 bridgehead atoms. The molecule has 23 heavy (non-hydrogen) atoms. The quantitative estimate of drug-likeness (QED) is 0.757. The van der Waals surface area contributed by atoms with Gasteiger partial charge in [-0.05, 0) is 24.6 Å². The highest BCUT2D eigenvalue weighted by Crippen LogP contribution is 2.14. The van der Waals surface area contributed by atoms with Crippen LogP contribution in [0, 0.1) is 6.92 Å². The van der Waals surface area contributed by atoms with Crippen LogP contribution in [0.3, 0.4) is 0 Å². The number of anilines is 1. The molecule has 0 fully saturated rings. The van der Waals surface area contributed by atoms with E-state index in [1.165, 1.54) is 11.3 Å². The van der Waals surface area contributed by atoms with Crippen molar-refractivity contribution in [1.82, 2.24) is 20.1 Å². The van der Waals surface area contributed by atoms with Crippen LogP contribution in [0.15, 0.2) is 48.1 Å². The number of rotatable bonds is 5. The first kappa shape index (κ1) is 15.2. The van der Waals surface area contributed by atoms with E-state index >= 15 is 0 Å². The lowest BCUT2D eigenvalue weighted by molar-refractivity contribution is 0.252. The lowest BCUT2D eigenvalue weighted by Crippen LogP contribution is -2.30. The van der Waals surface area contributed by atoms with Crippen LogP contribution >= 0.6 is 11.3 Å². The Bertz CT molecular complexity index is 781. The van der Waals surface area contributed by atoms with Crippen LogP contribution < -0.4 is 10.6 Å². The molecule has 118 valence electrons. The van der Waals surface area contributed by atoms with Crippen LogP contribution in [0.2, 0.25) is 0 Å². The standard InChI is InChI=1S/C16H17N5OS/c1-12-5-2-3-6-14(12)20-15(22)17-9-7-13-11-23-16(19-13)21-10-4-8-18-21/h2-6,8,10-11H,7,9H2,1H3,(H2,17,20,22). The van der Waals surface area contributed by atoms with Crippen molar-refractivity contribution >= 4 is 23.1 Å². The van der Waals surface area contributed by atoms with Gasteiger partial charge in [-0.3, -0.25) is 0 Å². The van der Waals surface area contributed by atoms with Crippen molar-refractivity contribution < 1.29 is 4.79 Å². The summed E-state index contributed by atoms with van der Waals surface area (Å²) in [7, 11) is 0. The van der Waals surface area contributed by atoms with E-state index in [9.17, 15) is 4.79 Å². The van der Waals surface area contributed by atoms with Gasteiger partial charge in [0.05, 0.1) is 5.69 Å². The molecule has 0 spiro atoms. The number of benzene rings is 1. The maximum atomic E-state index is 11.9. The number of para-hydroxylation sites is 1. The van der Waals surface area contributed by atoms with Crippen molar-refractivity contribution in [2.45, 2.75) is 13.3 Å². The molecule has 0 atom stereocenters. The molecule has 0 aliphatic rings. The average molecular weight is 327 g/mol. The summed E-state index contributed by atoms with van der Waals surface area (Å²) >= 11 is 1.53. The fourth-order valence-electron chi connectivity index (χ4n) is 2.08. The number of urea groups is 1. The van der Waals surface area contributed by atoms with E-state index in [1.54, 1.807) is 10.9 Å². The molecule has 2 N–H and O–H groups in total. The Morgan fingerprint density at radius 3 is 2.96 bits per heavy atom. The van der Waals surface area contributed by atoms with Crippen LogP contribution in [0.5, 0.6) is 0 Å². The summed E-state index contributed by atoms with van der Waals surface area (Å²) in [6.07, 6.45) is 4.26. The smallest absolute Gasteiger partial charge is 0.319 e. The zero-order valence-corrected chi connectivity index (χ0v) is 13.5. The SMILES string of the molecule is Cc1ccccc1NC(=O)NCCc1csc(-n2cccn2)n1. The first-order valence-electron chi connectivity index (χ1n) is 7.27. The summed E-state index contributed by atoms with van der Waals surface area (Å²) in [5.41, 5.74) is 2.79. The van der Waals surface area contributed by atoms with Gasteiger partial charge >= 0.3 is 6.03 Å². The van der Waals surface area contributed by atoms with Crippen molar-refractivity contribution in [2.75, 3.05) is 11.9 Å². The maximum Gasteiger partial charge on any atom is 0.319 e. The van der Waals surface area contributed by atoms with E-state index in [0.717, 1.165) is 22.1 Å². The molecule has 7 heteroatoms. The van der Waals surface area contributed by atoms with Crippen molar-refractivity contribution in [2.24, 2.45) is 0 Å². The summed E-state index contributed by atoms with van der Waals surface area (Å²) in [5, 5.41) is 12.6. The van der Waals surface area contributed by atoms with Crippen LogP contribution in [0.25, 0.3) is 5.13 Å². The van der Waals surface area contributed by atoms with E-state index in [-0.39, 0.29) is 6.03 Å². The number of nitrogens with one attached hydrogen (secondary N) is 2. The molecule has 0 unspecified atom stereocenters. The maximum absolute atomic E-state index is 11.9. The number of hydrogen-bond acceptors (Lipinski definition) is 4. The summed E-state index contributed by atoms with van der Waals surface area (Å²) in [6, 6.07) is 9.33. The summed E-state index contributed by atoms with van der Waals surface area (Å²) < 4.78 is 1.73. The molecular weight excluding hydrogens is 310 g/mol. The molecule has 1 aromatic carbocycles. The summed E-state index contributed by atoms with van der Waals surface area (Å²) in [6.45, 7) is 2.49. The van der Waals surface area contributed by atoms with Crippen molar-refractivity contribution in [3.8, 4) is 5.13 Å². The Balaban J connectivity index is 1.48. The van der Waals surface area contributed by atoms with E-state index in [2.05, 4.69) is 20.7 Å². The number of carbonyl (C=O) groups is 1. The Kier molecular flexibility index (Phi) is 4.68. The minimum atomic E-state index is -0.207. The average Bonchev–Trinajstić information content (AvgIpc) is 3.20. The zero-order valence-electron chi connectivity index (χ0n) is 12.7. The second kappa shape index (κ2) is 7.06. The van der Waals surface area contributed by atoms with Gasteiger partial charge in [-0.2, -0.15) is 5.10 Å². The van der Waals surface area contributed by atoms with Gasteiger partial charge in [-0.1, -0.05) is 18.2 Å². The van der Waals surface area contributed by atoms with E-state index < -0.39 is 0 Å². The fourth-order valence-corrected chi connectivity index (χ4v) is 2.88. The molecule has 6 nitrogen and oxygen atoms in total. The highest BCUT2D eigenvalue weighted by molar-refractivity contribution is 7.12. The van der Waals surface area contributed by atoms with Gasteiger partial charge in [-0.25, -0.2) is 14.5 Å². The number of aromatic nitrogens is 3. The number of aryl methyl sites for hydroxylation is 1. The second-order valence-electron chi connectivity index (χ2n) is 5.02. The zero-order chi connectivity index (χ0) is 16.1. The second-order valence-corrected chi connectivity index (χ2v) is 5.85. The van der Waals surface area contributed by atoms with E-state index in [1.807, 2.05) is 48.8 Å². The third-order valence-corrected chi connectivity index (χ3v) is 4.18. The highest BCUT2D eigenvalue weighted by Gasteiger charge is 2.06. The topological polar surface area (TPSA) is 71.8 Å². The van der Waals surface area contributed by atoms with Gasteiger partial charge in [0.15, 0.2) is 0 Å². The van der Waals surface area contributed by atoms with Gasteiger partial charge in [0, 0.05) is 36.4 Å². The molecule has 0 saturated carbocycles. The van der Waals surface area contributed by atoms with Gasteiger partial charge < -0.3 is 10.6 Å². The molecule has 3 rings (SSSR count). The molecule has 2 heterocycles. The minimum absolute atomic E-state index is 0.207. The van der Waals surface area contributed by atoms with Crippen LogP contribution in [-0.2, 0) is 6.42 Å². The predicted octanol–water partition coefficient (Wildman–Crippen LogP) is 3.00. The van der Waals surface area contributed by atoms with Crippen LogP contribution in [-0.4, -0.2) is 27.3 Å². The molecule has 0 radical (unpaired) electrons. The monoisotopic (exact) mass is 327 g/mol. The predicted molar refractivity (Wildman–Crippen MR) is 91.1 cm³/mol. The molecule has 0 aliphatic heterocycles. The van der Waals surface area contributed by atoms with Crippen molar-refractivity contribution in [3.63, 3.8) is 0 Å². The Morgan fingerprint density at radius 1 is 1.30 bits per heavy atom. The number of carbonyl (C=O) groups excluding carboxylic acids is 1. The number of nitrogens with zero attached hydrogens (tertiary/aromatic N) is 3. The number of hydrogen-bond donors (Lipinski definition) is 2. The summed E-state index contributed by atoms with van der Waals surface area (Å²) in [5.74, 6) is 0. The largest absolute Gasteiger partial charge is 0.337 e. The van der Waals surface area contributed by atoms with Crippen LogP contribution in [0.1, 0.15) is 11.3 Å². The number of thiazole rings is 1. The molecule has 0 aliphatic carbocycles. The van der Waals surface area contributed by atoms with Gasteiger partial charge in [-0.15, -0.1) is 11.3 Å². The molecule has 3 aromatic rings. The lowest BCUT2D eigenvalue weighted by Gasteiger charge is -2.09. The minimum Gasteiger partial charge on any atom is -0.337 e. The van der Waals surface area contributed by atoms with Crippen LogP contribution in [0.4, 0.5) is 10.5 Å². The molecule has 2 aromatic heterocycles. The third kappa shape index (κ3) is 3.95. The van der Waals surface area contributed by atoms with E-state index in [4.69, 9.17) is 0 Å². The highest BCUT2D eigenvalue weighted by atomic mass is 32.1. The first-order valence-corrected chi connectivity index (χ1v) is 8.15. The number of amides is 2. The van der Waals surface area contributed by atoms with Gasteiger partial charge in [0.25, 0.3) is 0 Å². The van der Waals surface area contributed by atoms with E-state index in [0.29, 0.717) is 13.0 Å². The van der Waals surface area contributed by atoms with Crippen molar-refractivity contribution in [3.05, 3.63) is 59.4 Å². The summed E-state index contributed by atoms with van der Waals surface area (Å²) in [4.78, 5) is 16.4. The Morgan fingerprint density at radius 2 is 2.17 bits per heavy atom. The molecule has 2 amide bonds. The first-order chi connectivity index (χ1) is 11.2. The molecule has 0 saturated heterocycles. The molecular formula is C16H17N5OS. The van der Waals surface area contributed by atoms with Crippen molar-refractivity contribution in [1.29, 1.82) is 0 Å². The fraction of sp³-hybridized carbons (Fsp3) is 0.188. The lowest BCUT2D eigenvalue weighted by atomic mass is 10.2. The normalized spacial score (nSPS) is 10.5. The third-order valence-electron chi connectivity index (χ3n) is 3.30. The Hall–Kier alpha value is -2.67.